The summed E-state index contributed by atoms with van der Waals surface area (Å²) < 4.78 is 43.2. The number of hydrogen-bond donors (Lipinski definition) is 0. The third-order valence-electron chi connectivity index (χ3n) is 6.43. The van der Waals surface area contributed by atoms with Crippen LogP contribution in [0.1, 0.15) is 58.0 Å². The fraction of sp³-hybridized carbons (Fsp3) is 0.231. The first-order chi connectivity index (χ1) is 19.1. The van der Waals surface area contributed by atoms with E-state index in [1.165, 1.54) is 30.6 Å². The van der Waals surface area contributed by atoms with Crippen molar-refractivity contribution in [2.45, 2.75) is 37.5 Å². The molecule has 4 heterocycles. The zero-order valence-electron chi connectivity index (χ0n) is 20.4. The molecule has 4 aromatic heterocycles. The molecule has 0 saturated heterocycles. The van der Waals surface area contributed by atoms with Crippen LogP contribution in [0.2, 0.25) is 10.6 Å². The monoisotopic (exact) mass is 587 g/mol. The highest BCUT2D eigenvalue weighted by Crippen LogP contribution is 2.45. The molecule has 40 heavy (non-hydrogen) atoms. The van der Waals surface area contributed by atoms with Crippen molar-refractivity contribution in [1.82, 2.24) is 29.9 Å². The molecule has 1 saturated carbocycles. The standard InChI is InChI=1S/C26H18Cl2F3N7O2/c27-24-34-10-15(11-35-24)22(39)38(23(40)16-12-36-25(28)37-13-16)21-17(20-18(29)2-1-8-32-20)5-9-33-19(21)14-3-6-26(30,31)7-4-14/h1-2,5,8-14H,3-4,6-7H2. The van der Waals surface area contributed by atoms with E-state index < -0.39 is 42.3 Å². The summed E-state index contributed by atoms with van der Waals surface area (Å²) in [5.41, 5.74) is -0.352. The Bertz CT molecular complexity index is 1510. The van der Waals surface area contributed by atoms with E-state index in [4.69, 9.17) is 23.2 Å². The molecule has 4 aromatic rings. The molecule has 2 amide bonds. The number of carbonyl (C=O) groups is 2. The van der Waals surface area contributed by atoms with Crippen LogP contribution in [0.5, 0.6) is 0 Å². The van der Waals surface area contributed by atoms with E-state index in [9.17, 15) is 18.4 Å². The Morgan fingerprint density at radius 2 is 1.38 bits per heavy atom. The summed E-state index contributed by atoms with van der Waals surface area (Å²) in [6.07, 6.45) is 6.39. The lowest BCUT2D eigenvalue weighted by Gasteiger charge is -2.32. The number of rotatable bonds is 5. The van der Waals surface area contributed by atoms with Crippen molar-refractivity contribution in [2.75, 3.05) is 4.90 Å². The number of alkyl halides is 2. The fourth-order valence-corrected chi connectivity index (χ4v) is 4.69. The second-order valence-electron chi connectivity index (χ2n) is 8.98. The van der Waals surface area contributed by atoms with Gasteiger partial charge in [-0.15, -0.1) is 0 Å². The van der Waals surface area contributed by atoms with Gasteiger partial charge in [0.1, 0.15) is 11.5 Å². The van der Waals surface area contributed by atoms with Crippen molar-refractivity contribution < 1.29 is 22.8 Å². The summed E-state index contributed by atoms with van der Waals surface area (Å²) in [6.45, 7) is 0. The molecule has 0 spiro atoms. The molecular formula is C26H18Cl2F3N7O2. The van der Waals surface area contributed by atoms with Crippen LogP contribution in [0, 0.1) is 5.82 Å². The Morgan fingerprint density at radius 3 is 1.90 bits per heavy atom. The Kier molecular flexibility index (Phi) is 7.72. The van der Waals surface area contributed by atoms with Crippen LogP contribution in [0.3, 0.4) is 0 Å². The zero-order valence-corrected chi connectivity index (χ0v) is 22.0. The smallest absolute Gasteiger partial charge is 0.268 e. The van der Waals surface area contributed by atoms with Crippen molar-refractivity contribution in [1.29, 1.82) is 0 Å². The summed E-state index contributed by atoms with van der Waals surface area (Å²) in [6, 6.07) is 3.95. The summed E-state index contributed by atoms with van der Waals surface area (Å²) in [5, 5.41) is -0.274. The predicted octanol–water partition coefficient (Wildman–Crippen LogP) is 5.95. The number of imide groups is 1. The van der Waals surface area contributed by atoms with Crippen LogP contribution in [0.25, 0.3) is 11.3 Å². The van der Waals surface area contributed by atoms with Crippen molar-refractivity contribution in [3.05, 3.63) is 88.6 Å². The molecule has 0 aromatic carbocycles. The van der Waals surface area contributed by atoms with Gasteiger partial charge < -0.3 is 0 Å². The van der Waals surface area contributed by atoms with Crippen molar-refractivity contribution in [3.8, 4) is 11.3 Å². The lowest BCUT2D eigenvalue weighted by atomic mass is 9.83. The number of aromatic nitrogens is 6. The first-order valence-corrected chi connectivity index (χ1v) is 12.7. The van der Waals surface area contributed by atoms with Gasteiger partial charge in [0.2, 0.25) is 16.5 Å². The molecule has 14 heteroatoms. The highest BCUT2D eigenvalue weighted by molar-refractivity contribution is 6.29. The normalized spacial score (nSPS) is 15.0. The molecule has 0 aliphatic heterocycles. The number of hydrogen-bond acceptors (Lipinski definition) is 8. The zero-order chi connectivity index (χ0) is 28.4. The highest BCUT2D eigenvalue weighted by atomic mass is 35.5. The number of amides is 2. The molecule has 9 nitrogen and oxygen atoms in total. The number of halogens is 5. The van der Waals surface area contributed by atoms with Crippen LogP contribution in [0.4, 0.5) is 18.9 Å². The van der Waals surface area contributed by atoms with Crippen LogP contribution in [-0.4, -0.2) is 47.6 Å². The van der Waals surface area contributed by atoms with E-state index in [2.05, 4.69) is 29.9 Å². The van der Waals surface area contributed by atoms with E-state index in [1.54, 1.807) is 0 Å². The van der Waals surface area contributed by atoms with Gasteiger partial charge in [-0.25, -0.2) is 38.0 Å². The molecule has 0 bridgehead atoms. The first-order valence-electron chi connectivity index (χ1n) is 12.0. The lowest BCUT2D eigenvalue weighted by Crippen LogP contribution is -2.39. The summed E-state index contributed by atoms with van der Waals surface area (Å²) in [4.78, 5) is 52.6. The average molecular weight is 588 g/mol. The van der Waals surface area contributed by atoms with Gasteiger partial charge in [0.15, 0.2) is 0 Å². The Balaban J connectivity index is 1.76. The summed E-state index contributed by atoms with van der Waals surface area (Å²) in [7, 11) is 0. The minimum Gasteiger partial charge on any atom is -0.268 e. The fourth-order valence-electron chi connectivity index (χ4n) is 4.49. The minimum absolute atomic E-state index is 0.0193. The van der Waals surface area contributed by atoms with Crippen LogP contribution < -0.4 is 4.90 Å². The van der Waals surface area contributed by atoms with Gasteiger partial charge in [-0.05, 0) is 54.2 Å². The second-order valence-corrected chi connectivity index (χ2v) is 9.66. The predicted molar refractivity (Wildman–Crippen MR) is 139 cm³/mol. The van der Waals surface area contributed by atoms with Crippen LogP contribution in [0.15, 0.2) is 55.4 Å². The average Bonchev–Trinajstić information content (AvgIpc) is 2.94. The third kappa shape index (κ3) is 5.63. The third-order valence-corrected chi connectivity index (χ3v) is 6.82. The molecule has 1 fully saturated rings. The summed E-state index contributed by atoms with van der Waals surface area (Å²) in [5.74, 6) is -5.99. The first kappa shape index (κ1) is 27.5. The number of pyridine rings is 2. The van der Waals surface area contributed by atoms with Crippen molar-refractivity contribution in [3.63, 3.8) is 0 Å². The SMILES string of the molecule is O=C(c1cnc(Cl)nc1)N(C(=O)c1cnc(Cl)nc1)c1c(-c2ncccc2F)ccnc1C1CCC(F)(F)CC1. The largest absolute Gasteiger partial charge is 0.268 e. The van der Waals surface area contributed by atoms with Gasteiger partial charge in [0.25, 0.3) is 11.8 Å². The van der Waals surface area contributed by atoms with Crippen LogP contribution >= 0.6 is 23.2 Å². The molecule has 0 N–H and O–H groups in total. The molecule has 5 rings (SSSR count). The molecule has 0 radical (unpaired) electrons. The number of carbonyl (C=O) groups excluding carboxylic acids is 2. The van der Waals surface area contributed by atoms with E-state index in [-0.39, 0.29) is 57.2 Å². The highest BCUT2D eigenvalue weighted by Gasteiger charge is 2.40. The van der Waals surface area contributed by atoms with E-state index >= 15 is 4.39 Å². The molecule has 204 valence electrons. The van der Waals surface area contributed by atoms with E-state index in [1.807, 2.05) is 0 Å². The van der Waals surface area contributed by atoms with E-state index in [0.29, 0.717) is 0 Å². The number of nitrogens with zero attached hydrogens (tertiary/aromatic N) is 7. The maximum Gasteiger partial charge on any atom is 0.268 e. The Morgan fingerprint density at radius 1 is 0.825 bits per heavy atom. The lowest BCUT2D eigenvalue weighted by molar-refractivity contribution is -0.0384. The van der Waals surface area contributed by atoms with Crippen LogP contribution in [-0.2, 0) is 0 Å². The van der Waals surface area contributed by atoms with Gasteiger partial charge in [0, 0.05) is 61.5 Å². The maximum atomic E-state index is 15.1. The molecular weight excluding hydrogens is 570 g/mol. The van der Waals surface area contributed by atoms with E-state index in [0.717, 1.165) is 29.7 Å². The van der Waals surface area contributed by atoms with Gasteiger partial charge in [0.05, 0.1) is 22.5 Å². The van der Waals surface area contributed by atoms with Crippen molar-refractivity contribution in [2.24, 2.45) is 0 Å². The number of anilines is 1. The van der Waals surface area contributed by atoms with Gasteiger partial charge in [-0.2, -0.15) is 0 Å². The molecule has 0 unspecified atom stereocenters. The minimum atomic E-state index is -2.85. The molecule has 1 aliphatic carbocycles. The second kappa shape index (κ2) is 11.2. The quantitative estimate of drug-likeness (QED) is 0.208. The topological polar surface area (TPSA) is 115 Å². The Hall–Kier alpha value is -4.03. The maximum absolute atomic E-state index is 15.1. The van der Waals surface area contributed by atoms with Gasteiger partial charge in [-0.1, -0.05) is 0 Å². The molecule has 1 aliphatic rings. The van der Waals surface area contributed by atoms with Gasteiger partial charge in [-0.3, -0.25) is 19.6 Å². The van der Waals surface area contributed by atoms with Crippen molar-refractivity contribution >= 4 is 40.7 Å². The van der Waals surface area contributed by atoms with Gasteiger partial charge >= 0.3 is 0 Å². The molecule has 0 atom stereocenters. The summed E-state index contributed by atoms with van der Waals surface area (Å²) >= 11 is 11.6. The Labute approximate surface area is 235 Å².